The third-order valence-corrected chi connectivity index (χ3v) is 1.91. The van der Waals surface area contributed by atoms with E-state index in [-0.39, 0.29) is 18.7 Å². The first-order valence-corrected chi connectivity index (χ1v) is 5.05. The van der Waals surface area contributed by atoms with Gasteiger partial charge in [-0.15, -0.1) is 0 Å². The number of carboxylic acid groups (broad SMARTS) is 1. The molecule has 18 heavy (non-hydrogen) atoms. The molecule has 0 saturated heterocycles. The lowest BCUT2D eigenvalue weighted by molar-refractivity contribution is -0.137. The summed E-state index contributed by atoms with van der Waals surface area (Å²) >= 11 is 0. The van der Waals surface area contributed by atoms with E-state index < -0.39 is 30.1 Å². The van der Waals surface area contributed by atoms with Gasteiger partial charge in [0.15, 0.2) is 18.2 Å². The second-order valence-corrected chi connectivity index (χ2v) is 3.36. The fourth-order valence-electron chi connectivity index (χ4n) is 1.10. The van der Waals surface area contributed by atoms with Gasteiger partial charge in [0.05, 0.1) is 6.42 Å². The molecule has 0 radical (unpaired) electrons. The number of carbonyl (C=O) groups excluding carboxylic acids is 1. The summed E-state index contributed by atoms with van der Waals surface area (Å²) in [5, 5.41) is 10.6. The van der Waals surface area contributed by atoms with Gasteiger partial charge < -0.3 is 15.2 Å². The van der Waals surface area contributed by atoms with Gasteiger partial charge in [-0.05, 0) is 12.1 Å². The van der Waals surface area contributed by atoms with Gasteiger partial charge in [-0.1, -0.05) is 0 Å². The van der Waals surface area contributed by atoms with Gasteiger partial charge in [-0.25, -0.2) is 8.78 Å². The van der Waals surface area contributed by atoms with E-state index in [0.29, 0.717) is 6.07 Å². The summed E-state index contributed by atoms with van der Waals surface area (Å²) in [7, 11) is 0. The van der Waals surface area contributed by atoms with Crippen LogP contribution in [0, 0.1) is 11.6 Å². The molecule has 0 aliphatic carbocycles. The summed E-state index contributed by atoms with van der Waals surface area (Å²) in [5.74, 6) is -3.52. The van der Waals surface area contributed by atoms with Crippen molar-refractivity contribution in [2.24, 2.45) is 0 Å². The van der Waals surface area contributed by atoms with E-state index in [1.54, 1.807) is 0 Å². The van der Waals surface area contributed by atoms with E-state index in [1.165, 1.54) is 0 Å². The number of halogens is 2. The molecular formula is C11H11F2NO4. The molecule has 0 aliphatic rings. The Hall–Kier alpha value is -2.18. The molecule has 0 unspecified atom stereocenters. The van der Waals surface area contributed by atoms with Crippen molar-refractivity contribution in [3.8, 4) is 5.75 Å². The number of ether oxygens (including phenoxy) is 1. The Kier molecular flexibility index (Phi) is 5.04. The van der Waals surface area contributed by atoms with Crippen LogP contribution in [0.25, 0.3) is 0 Å². The van der Waals surface area contributed by atoms with Crippen molar-refractivity contribution in [1.82, 2.24) is 5.32 Å². The van der Waals surface area contributed by atoms with Gasteiger partial charge in [0.2, 0.25) is 0 Å². The molecule has 1 aromatic rings. The fourth-order valence-corrected chi connectivity index (χ4v) is 1.10. The number of rotatable bonds is 6. The average Bonchev–Trinajstić information content (AvgIpc) is 2.27. The molecule has 0 aromatic heterocycles. The molecule has 1 amide bonds. The van der Waals surface area contributed by atoms with Crippen LogP contribution in [-0.2, 0) is 9.59 Å². The molecular weight excluding hydrogens is 248 g/mol. The third-order valence-electron chi connectivity index (χ3n) is 1.91. The first-order valence-electron chi connectivity index (χ1n) is 5.05. The van der Waals surface area contributed by atoms with Crippen molar-refractivity contribution in [2.45, 2.75) is 6.42 Å². The largest absolute Gasteiger partial charge is 0.481 e. The summed E-state index contributed by atoms with van der Waals surface area (Å²) < 4.78 is 30.5. The van der Waals surface area contributed by atoms with Crippen LogP contribution in [0.15, 0.2) is 18.2 Å². The number of nitrogens with one attached hydrogen (secondary N) is 1. The molecule has 1 rings (SSSR count). The summed E-state index contributed by atoms with van der Waals surface area (Å²) in [6.07, 6.45) is -0.212. The smallest absolute Gasteiger partial charge is 0.305 e. The lowest BCUT2D eigenvalue weighted by Crippen LogP contribution is -2.30. The Balaban J connectivity index is 2.36. The molecule has 0 aliphatic heterocycles. The topological polar surface area (TPSA) is 75.6 Å². The zero-order valence-corrected chi connectivity index (χ0v) is 9.28. The monoisotopic (exact) mass is 259 g/mol. The van der Waals surface area contributed by atoms with Crippen molar-refractivity contribution in [2.75, 3.05) is 13.2 Å². The van der Waals surface area contributed by atoms with Crippen molar-refractivity contribution in [3.05, 3.63) is 29.8 Å². The number of hydrogen-bond acceptors (Lipinski definition) is 3. The summed E-state index contributed by atoms with van der Waals surface area (Å²) in [4.78, 5) is 21.3. The summed E-state index contributed by atoms with van der Waals surface area (Å²) in [5.41, 5.74) is 0. The van der Waals surface area contributed by atoms with Gasteiger partial charge in [0, 0.05) is 12.6 Å². The molecule has 0 atom stereocenters. The third kappa shape index (κ3) is 4.77. The first-order chi connectivity index (χ1) is 8.49. The molecule has 98 valence electrons. The highest BCUT2D eigenvalue weighted by Gasteiger charge is 2.08. The highest BCUT2D eigenvalue weighted by molar-refractivity contribution is 5.78. The zero-order valence-electron chi connectivity index (χ0n) is 9.28. The van der Waals surface area contributed by atoms with Crippen LogP contribution in [0.5, 0.6) is 5.75 Å². The molecule has 2 N–H and O–H groups in total. The van der Waals surface area contributed by atoms with Gasteiger partial charge in [-0.3, -0.25) is 9.59 Å². The van der Waals surface area contributed by atoms with Crippen LogP contribution in [0.3, 0.4) is 0 Å². The Morgan fingerprint density at radius 2 is 2.06 bits per heavy atom. The Morgan fingerprint density at radius 1 is 1.33 bits per heavy atom. The van der Waals surface area contributed by atoms with Crippen LogP contribution in [0.1, 0.15) is 6.42 Å². The molecule has 5 nitrogen and oxygen atoms in total. The summed E-state index contributed by atoms with van der Waals surface area (Å²) in [6, 6.07) is 2.70. The van der Waals surface area contributed by atoms with Gasteiger partial charge >= 0.3 is 5.97 Å². The van der Waals surface area contributed by atoms with Crippen molar-refractivity contribution >= 4 is 11.9 Å². The average molecular weight is 259 g/mol. The van der Waals surface area contributed by atoms with Crippen molar-refractivity contribution in [1.29, 1.82) is 0 Å². The van der Waals surface area contributed by atoms with E-state index in [0.717, 1.165) is 12.1 Å². The van der Waals surface area contributed by atoms with Crippen molar-refractivity contribution < 1.29 is 28.2 Å². The van der Waals surface area contributed by atoms with Gasteiger partial charge in [0.1, 0.15) is 5.82 Å². The summed E-state index contributed by atoms with van der Waals surface area (Å²) in [6.45, 7) is -0.508. The molecule has 0 spiro atoms. The highest BCUT2D eigenvalue weighted by atomic mass is 19.1. The maximum Gasteiger partial charge on any atom is 0.305 e. The van der Waals surface area contributed by atoms with E-state index in [4.69, 9.17) is 9.84 Å². The molecule has 0 fully saturated rings. The minimum absolute atomic E-state index is 0.0383. The second-order valence-electron chi connectivity index (χ2n) is 3.36. The van der Waals surface area contributed by atoms with Crippen LogP contribution in [0.4, 0.5) is 8.78 Å². The predicted molar refractivity (Wildman–Crippen MR) is 57.1 cm³/mol. The zero-order chi connectivity index (χ0) is 13.5. The van der Waals surface area contributed by atoms with E-state index in [1.807, 2.05) is 0 Å². The van der Waals surface area contributed by atoms with Crippen LogP contribution in [-0.4, -0.2) is 30.1 Å². The van der Waals surface area contributed by atoms with Crippen LogP contribution >= 0.6 is 0 Å². The van der Waals surface area contributed by atoms with Gasteiger partial charge in [-0.2, -0.15) is 0 Å². The van der Waals surface area contributed by atoms with Crippen molar-refractivity contribution in [3.63, 3.8) is 0 Å². The molecule has 7 heteroatoms. The quantitative estimate of drug-likeness (QED) is 0.797. The normalized spacial score (nSPS) is 9.89. The van der Waals surface area contributed by atoms with E-state index >= 15 is 0 Å². The number of amides is 1. The minimum Gasteiger partial charge on any atom is -0.481 e. The fraction of sp³-hybridized carbons (Fsp3) is 0.273. The van der Waals surface area contributed by atoms with Gasteiger partial charge in [0.25, 0.3) is 5.91 Å². The number of hydrogen-bond donors (Lipinski definition) is 2. The number of carbonyl (C=O) groups is 2. The molecule has 0 heterocycles. The molecule has 0 saturated carbocycles. The minimum atomic E-state index is -1.04. The van der Waals surface area contributed by atoms with E-state index in [9.17, 15) is 18.4 Å². The van der Waals surface area contributed by atoms with Crippen LogP contribution < -0.4 is 10.1 Å². The Labute approximate surface area is 101 Å². The second kappa shape index (κ2) is 6.53. The first kappa shape index (κ1) is 13.9. The maximum atomic E-state index is 13.1. The maximum absolute atomic E-state index is 13.1. The molecule has 1 aromatic carbocycles. The number of benzene rings is 1. The lowest BCUT2D eigenvalue weighted by atomic mass is 10.3. The standard InChI is InChI=1S/C11H11F2NO4/c12-7-1-2-9(8(13)5-7)18-6-10(15)14-4-3-11(16)17/h1-2,5H,3-4,6H2,(H,14,15)(H,16,17). The van der Waals surface area contributed by atoms with Crippen LogP contribution in [0.2, 0.25) is 0 Å². The lowest BCUT2D eigenvalue weighted by Gasteiger charge is -2.07. The number of aliphatic carboxylic acids is 1. The Bertz CT molecular complexity index is 451. The number of carboxylic acids is 1. The van der Waals surface area contributed by atoms with E-state index in [2.05, 4.69) is 5.32 Å². The molecule has 0 bridgehead atoms. The Morgan fingerprint density at radius 3 is 2.67 bits per heavy atom. The highest BCUT2D eigenvalue weighted by Crippen LogP contribution is 2.17. The predicted octanol–water partition coefficient (Wildman–Crippen LogP) is 0.934. The SMILES string of the molecule is O=C(O)CCNC(=O)COc1ccc(F)cc1F.